The number of hydrogen-bond donors (Lipinski definition) is 1. The molecule has 0 aromatic carbocycles. The Kier molecular flexibility index (Phi) is 4.54. The maximum absolute atomic E-state index is 12.8. The van der Waals surface area contributed by atoms with Crippen LogP contribution >= 0.6 is 0 Å². The molecule has 4 atom stereocenters. The van der Waals surface area contributed by atoms with E-state index in [9.17, 15) is 4.79 Å². The third-order valence-electron chi connectivity index (χ3n) is 5.96. The van der Waals surface area contributed by atoms with Crippen LogP contribution in [0, 0.1) is 11.8 Å². The van der Waals surface area contributed by atoms with Crippen LogP contribution in [0.2, 0.25) is 0 Å². The van der Waals surface area contributed by atoms with E-state index in [2.05, 4.69) is 25.4 Å². The molecule has 7 heteroatoms. The highest BCUT2D eigenvalue weighted by Crippen LogP contribution is 2.38. The molecule has 1 amide bonds. The highest BCUT2D eigenvalue weighted by Gasteiger charge is 2.44. The number of aromatic nitrogens is 3. The SMILES string of the molecule is CNCc1cn(C[C@H]2C[C@H]3CCN2C[C@@H]3C(=O)N2CCCC2)nn1. The van der Waals surface area contributed by atoms with Crippen LogP contribution in [0.25, 0.3) is 0 Å². The average molecular weight is 332 g/mol. The Morgan fingerprint density at radius 2 is 2.17 bits per heavy atom. The largest absolute Gasteiger partial charge is 0.342 e. The highest BCUT2D eigenvalue weighted by atomic mass is 16.2. The standard InChI is InChI=1S/C17H28N6O/c1-18-9-14-10-23(20-19-14)11-15-8-13-4-7-22(15)12-16(13)17(24)21-5-2-3-6-21/h10,13,15-16,18H,2-9,11-12H2,1H3/t13-,15-,16+/m1/s1. The molecule has 4 fully saturated rings. The zero-order valence-corrected chi connectivity index (χ0v) is 14.5. The number of amides is 1. The molecule has 4 saturated heterocycles. The van der Waals surface area contributed by atoms with Gasteiger partial charge in [-0.1, -0.05) is 5.21 Å². The van der Waals surface area contributed by atoms with Crippen LogP contribution in [0.3, 0.4) is 0 Å². The molecule has 0 aliphatic carbocycles. The molecule has 0 radical (unpaired) electrons. The topological polar surface area (TPSA) is 66.3 Å². The summed E-state index contributed by atoms with van der Waals surface area (Å²) in [5.74, 6) is 1.19. The lowest BCUT2D eigenvalue weighted by Gasteiger charge is -2.49. The smallest absolute Gasteiger partial charge is 0.227 e. The number of likely N-dealkylation sites (tertiary alicyclic amines) is 1. The van der Waals surface area contributed by atoms with Crippen molar-refractivity contribution >= 4 is 5.91 Å². The second-order valence-corrected chi connectivity index (χ2v) is 7.53. The molecule has 24 heavy (non-hydrogen) atoms. The molecule has 1 aromatic rings. The number of carbonyl (C=O) groups excluding carboxylic acids is 1. The Bertz CT molecular complexity index is 581. The summed E-state index contributed by atoms with van der Waals surface area (Å²) in [6, 6.07) is 0.496. The third-order valence-corrected chi connectivity index (χ3v) is 5.96. The van der Waals surface area contributed by atoms with Crippen molar-refractivity contribution in [3.05, 3.63) is 11.9 Å². The Morgan fingerprint density at radius 1 is 1.33 bits per heavy atom. The van der Waals surface area contributed by atoms with Gasteiger partial charge in [0.2, 0.25) is 5.91 Å². The van der Waals surface area contributed by atoms with E-state index < -0.39 is 0 Å². The zero-order valence-electron chi connectivity index (χ0n) is 14.5. The summed E-state index contributed by atoms with van der Waals surface area (Å²) in [5.41, 5.74) is 0.982. The third kappa shape index (κ3) is 3.07. The van der Waals surface area contributed by atoms with Gasteiger partial charge >= 0.3 is 0 Å². The van der Waals surface area contributed by atoms with Gasteiger partial charge in [-0.25, -0.2) is 0 Å². The molecule has 1 aromatic heterocycles. The van der Waals surface area contributed by atoms with Crippen molar-refractivity contribution in [2.24, 2.45) is 11.8 Å². The molecular formula is C17H28N6O. The molecule has 4 aliphatic heterocycles. The first-order valence-electron chi connectivity index (χ1n) is 9.31. The van der Waals surface area contributed by atoms with Gasteiger partial charge in [-0.2, -0.15) is 0 Å². The molecule has 1 unspecified atom stereocenters. The number of piperidine rings is 3. The van der Waals surface area contributed by atoms with Crippen LogP contribution in [0.1, 0.15) is 31.4 Å². The lowest BCUT2D eigenvalue weighted by molar-refractivity contribution is -0.142. The summed E-state index contributed by atoms with van der Waals surface area (Å²) < 4.78 is 1.97. The minimum Gasteiger partial charge on any atom is -0.342 e. The second kappa shape index (κ2) is 6.80. The monoisotopic (exact) mass is 332 g/mol. The van der Waals surface area contributed by atoms with Crippen LogP contribution in [0.15, 0.2) is 6.20 Å². The van der Waals surface area contributed by atoms with Gasteiger partial charge in [-0.15, -0.1) is 5.10 Å². The van der Waals surface area contributed by atoms with Gasteiger partial charge in [0, 0.05) is 38.4 Å². The summed E-state index contributed by atoms with van der Waals surface area (Å²) >= 11 is 0. The summed E-state index contributed by atoms with van der Waals surface area (Å²) in [4.78, 5) is 17.4. The zero-order chi connectivity index (χ0) is 16.5. The number of rotatable bonds is 5. The molecule has 5 rings (SSSR count). The first-order valence-corrected chi connectivity index (χ1v) is 9.31. The first kappa shape index (κ1) is 16.0. The molecule has 0 saturated carbocycles. The van der Waals surface area contributed by atoms with Crippen molar-refractivity contribution in [1.29, 1.82) is 0 Å². The van der Waals surface area contributed by atoms with E-state index in [1.807, 2.05) is 17.9 Å². The number of carbonyl (C=O) groups is 1. The maximum Gasteiger partial charge on any atom is 0.227 e. The molecule has 4 aliphatic rings. The number of nitrogens with zero attached hydrogens (tertiary/aromatic N) is 5. The van der Waals surface area contributed by atoms with Crippen LogP contribution in [-0.2, 0) is 17.9 Å². The number of nitrogens with one attached hydrogen (secondary N) is 1. The lowest BCUT2D eigenvalue weighted by atomic mass is 9.75. The van der Waals surface area contributed by atoms with E-state index in [1.165, 1.54) is 19.3 Å². The Hall–Kier alpha value is -1.47. The summed E-state index contributed by atoms with van der Waals surface area (Å²) in [6.45, 7) is 5.64. The van der Waals surface area contributed by atoms with Crippen LogP contribution < -0.4 is 5.32 Å². The normalized spacial score (nSPS) is 32.5. The quantitative estimate of drug-likeness (QED) is 0.842. The van der Waals surface area contributed by atoms with E-state index in [0.717, 1.165) is 51.4 Å². The fraction of sp³-hybridized carbons (Fsp3) is 0.824. The van der Waals surface area contributed by atoms with Crippen LogP contribution in [0.5, 0.6) is 0 Å². The van der Waals surface area contributed by atoms with E-state index in [1.54, 1.807) is 0 Å². The minimum absolute atomic E-state index is 0.226. The van der Waals surface area contributed by atoms with Gasteiger partial charge in [-0.3, -0.25) is 14.4 Å². The fourth-order valence-electron chi connectivity index (χ4n) is 4.69. The van der Waals surface area contributed by atoms with Crippen molar-refractivity contribution < 1.29 is 4.79 Å². The maximum atomic E-state index is 12.8. The van der Waals surface area contributed by atoms with Gasteiger partial charge in [0.25, 0.3) is 0 Å². The average Bonchev–Trinajstić information content (AvgIpc) is 3.27. The fourth-order valence-corrected chi connectivity index (χ4v) is 4.69. The molecule has 2 bridgehead atoms. The van der Waals surface area contributed by atoms with Gasteiger partial charge in [0.15, 0.2) is 0 Å². The predicted octanol–water partition coefficient (Wildman–Crippen LogP) is 0.330. The number of fused-ring (bicyclic) bond motifs is 3. The van der Waals surface area contributed by atoms with Crippen LogP contribution in [-0.4, -0.2) is 70.0 Å². The lowest BCUT2D eigenvalue weighted by Crippen LogP contribution is -2.58. The molecule has 5 heterocycles. The van der Waals surface area contributed by atoms with Gasteiger partial charge in [-0.05, 0) is 45.2 Å². The van der Waals surface area contributed by atoms with Gasteiger partial charge in [0.05, 0.1) is 18.2 Å². The predicted molar refractivity (Wildman–Crippen MR) is 90.2 cm³/mol. The van der Waals surface area contributed by atoms with Crippen LogP contribution in [0.4, 0.5) is 0 Å². The van der Waals surface area contributed by atoms with Crippen molar-refractivity contribution in [3.8, 4) is 0 Å². The first-order chi connectivity index (χ1) is 11.7. The van der Waals surface area contributed by atoms with Crippen molar-refractivity contribution in [1.82, 2.24) is 30.1 Å². The van der Waals surface area contributed by atoms with E-state index in [-0.39, 0.29) is 5.92 Å². The van der Waals surface area contributed by atoms with Crippen molar-refractivity contribution in [2.45, 2.75) is 44.8 Å². The second-order valence-electron chi connectivity index (χ2n) is 7.53. The Labute approximate surface area is 143 Å². The molecular weight excluding hydrogens is 304 g/mol. The Morgan fingerprint density at radius 3 is 2.88 bits per heavy atom. The van der Waals surface area contributed by atoms with Gasteiger partial charge in [0.1, 0.15) is 0 Å². The molecule has 7 nitrogen and oxygen atoms in total. The number of hydrogen-bond acceptors (Lipinski definition) is 5. The van der Waals surface area contributed by atoms with Gasteiger partial charge < -0.3 is 10.2 Å². The van der Waals surface area contributed by atoms with Crippen molar-refractivity contribution in [2.75, 3.05) is 33.2 Å². The molecule has 132 valence electrons. The van der Waals surface area contributed by atoms with E-state index in [4.69, 9.17) is 0 Å². The summed E-state index contributed by atoms with van der Waals surface area (Å²) in [7, 11) is 1.92. The van der Waals surface area contributed by atoms with E-state index in [0.29, 0.717) is 17.9 Å². The summed E-state index contributed by atoms with van der Waals surface area (Å²) in [5, 5.41) is 11.6. The summed E-state index contributed by atoms with van der Waals surface area (Å²) in [6.07, 6.45) is 6.68. The molecule has 0 spiro atoms. The minimum atomic E-state index is 0.226. The van der Waals surface area contributed by atoms with E-state index >= 15 is 0 Å². The Balaban J connectivity index is 1.38. The highest BCUT2D eigenvalue weighted by molar-refractivity contribution is 5.80. The molecule has 1 N–H and O–H groups in total. The van der Waals surface area contributed by atoms with Crippen molar-refractivity contribution in [3.63, 3.8) is 0 Å².